The Morgan fingerprint density at radius 1 is 0.698 bits per heavy atom. The van der Waals surface area contributed by atoms with Crippen LogP contribution in [0.1, 0.15) is 72.8 Å². The minimum atomic E-state index is -1.61. The zero-order valence-corrected chi connectivity index (χ0v) is 36.6. The van der Waals surface area contributed by atoms with Crippen LogP contribution in [0, 0.1) is 17.8 Å². The fourth-order valence-electron chi connectivity index (χ4n) is 6.45. The topological polar surface area (TPSA) is 348 Å². The summed E-state index contributed by atoms with van der Waals surface area (Å²) in [5.74, 6) is -8.81. The van der Waals surface area contributed by atoms with Crippen molar-refractivity contribution in [2.45, 2.75) is 116 Å². The van der Waals surface area contributed by atoms with Crippen LogP contribution in [0.5, 0.6) is 5.75 Å². The Kier molecular flexibility index (Phi) is 21.9. The number of aliphatic hydroxyl groups is 2. The van der Waals surface area contributed by atoms with Gasteiger partial charge in [-0.25, -0.2) is 4.79 Å². The van der Waals surface area contributed by atoms with Gasteiger partial charge in [0, 0.05) is 13.0 Å². The van der Waals surface area contributed by atoms with Gasteiger partial charge in [0.05, 0.1) is 32.3 Å². The molecule has 1 saturated heterocycles. The number of carboxylic acids is 1. The van der Waals surface area contributed by atoms with Gasteiger partial charge in [-0.3, -0.25) is 38.4 Å². The van der Waals surface area contributed by atoms with E-state index in [1.807, 2.05) is 0 Å². The highest BCUT2D eigenvalue weighted by Gasteiger charge is 2.40. The first-order valence-electron chi connectivity index (χ1n) is 21.0. The lowest BCUT2D eigenvalue weighted by molar-refractivity contribution is -0.146. The number of aliphatic carboxylic acids is 1. The normalized spacial score (nSPS) is 17.4. The molecule has 0 bridgehead atoms. The third-order valence-corrected chi connectivity index (χ3v) is 10.9. The van der Waals surface area contributed by atoms with Crippen LogP contribution in [0.15, 0.2) is 24.3 Å². The Balaban J connectivity index is 2.08. The van der Waals surface area contributed by atoms with Crippen LogP contribution >= 0.6 is 0 Å². The number of carboxylic acid groups (broad SMARTS) is 1. The van der Waals surface area contributed by atoms with Crippen molar-refractivity contribution in [3.05, 3.63) is 29.8 Å². The molecule has 0 radical (unpaired) electrons. The Bertz CT molecular complexity index is 1760. The molecule has 0 aliphatic carbocycles. The maximum Gasteiger partial charge on any atom is 0.328 e. The maximum atomic E-state index is 13.8. The summed E-state index contributed by atoms with van der Waals surface area (Å²) in [5.41, 5.74) is 6.56. The molecule has 13 N–H and O–H groups in total. The van der Waals surface area contributed by atoms with Crippen molar-refractivity contribution in [3.63, 3.8) is 0 Å². The zero-order chi connectivity index (χ0) is 47.6. The molecule has 1 aromatic rings. The first-order valence-corrected chi connectivity index (χ1v) is 21.0. The molecule has 1 aromatic carbocycles. The molecule has 0 saturated carbocycles. The third kappa shape index (κ3) is 16.4. The summed E-state index contributed by atoms with van der Waals surface area (Å²) in [6.45, 7) is 7.46. The number of phenols is 1. The Hall–Kier alpha value is -5.87. The standard InChI is InChI=1S/C41H65N9O13/c1-7-22(5)33(48-31(55)18-43-30(54)17-44-35(56)26(45-37(58)32(42)21(3)4)16-24-11-13-25(53)14-12-24)39(60)49-34(23(6)8-2)38(59)46-27(19-51)40(61)50-15-9-10-29(50)36(57)47-28(20-52)41(62)63/h11-14,21-23,26-29,32-34,51-53H,7-10,15-20,42H2,1-6H3,(H,43,54)(H,44,56)(H,45,58)(H,46,59)(H,47,57)(H,48,55)(H,49,60)(H,62,63)/t22-,23-,26-,27-,28-,29-,32-,33-,34-/m0/s1. The van der Waals surface area contributed by atoms with E-state index in [9.17, 15) is 63.6 Å². The quantitative estimate of drug-likeness (QED) is 0.0459. The number of hydrogen-bond donors (Lipinski definition) is 12. The van der Waals surface area contributed by atoms with Gasteiger partial charge in [0.2, 0.25) is 47.3 Å². The lowest BCUT2D eigenvalue weighted by Crippen LogP contribution is -2.61. The predicted molar refractivity (Wildman–Crippen MR) is 226 cm³/mol. The summed E-state index contributed by atoms with van der Waals surface area (Å²) >= 11 is 0. The van der Waals surface area contributed by atoms with Crippen molar-refractivity contribution in [2.75, 3.05) is 32.8 Å². The van der Waals surface area contributed by atoms with E-state index in [0.717, 1.165) is 4.90 Å². The van der Waals surface area contributed by atoms with Crippen LogP contribution in [0.25, 0.3) is 0 Å². The minimum absolute atomic E-state index is 0.00241. The first kappa shape index (κ1) is 53.3. The number of carbonyl (C=O) groups is 9. The summed E-state index contributed by atoms with van der Waals surface area (Å²) in [7, 11) is 0. The van der Waals surface area contributed by atoms with Crippen LogP contribution in [0.4, 0.5) is 0 Å². The molecule has 9 atom stereocenters. The van der Waals surface area contributed by atoms with E-state index in [1.165, 1.54) is 12.1 Å². The van der Waals surface area contributed by atoms with E-state index in [2.05, 4.69) is 37.2 Å². The van der Waals surface area contributed by atoms with E-state index in [-0.39, 0.29) is 31.1 Å². The molecule has 1 aliphatic rings. The molecule has 1 aliphatic heterocycles. The SMILES string of the molecule is CC[C@H](C)[C@H](NC(=O)CNC(=O)CNC(=O)[C@H](Cc1ccc(O)cc1)NC(=O)[C@@H](N)C(C)C)C(=O)N[C@H](C(=O)N[C@@H](CO)C(=O)N1CCC[C@H]1C(=O)N[C@@H](CO)C(=O)O)[C@@H](C)CC. The number of nitrogens with one attached hydrogen (secondary N) is 7. The Labute approximate surface area is 366 Å². The number of likely N-dealkylation sites (tertiary alicyclic amines) is 1. The van der Waals surface area contributed by atoms with Gasteiger partial charge in [-0.15, -0.1) is 0 Å². The fourth-order valence-corrected chi connectivity index (χ4v) is 6.45. The molecule has 63 heavy (non-hydrogen) atoms. The molecular formula is C41H65N9O13. The molecule has 0 aromatic heterocycles. The van der Waals surface area contributed by atoms with E-state index in [1.54, 1.807) is 53.7 Å². The monoisotopic (exact) mass is 891 g/mol. The Morgan fingerprint density at radius 3 is 1.78 bits per heavy atom. The van der Waals surface area contributed by atoms with Crippen molar-refractivity contribution < 1.29 is 63.6 Å². The van der Waals surface area contributed by atoms with Gasteiger partial charge in [-0.1, -0.05) is 66.5 Å². The molecule has 0 spiro atoms. The number of nitrogens with two attached hydrogens (primary N) is 1. The number of benzene rings is 1. The number of aliphatic hydroxyl groups excluding tert-OH is 2. The van der Waals surface area contributed by atoms with Gasteiger partial charge < -0.3 is 68.3 Å². The van der Waals surface area contributed by atoms with E-state index < -0.39 is 134 Å². The van der Waals surface area contributed by atoms with Crippen LogP contribution in [0.2, 0.25) is 0 Å². The average Bonchev–Trinajstić information content (AvgIpc) is 3.76. The fraction of sp³-hybridized carbons (Fsp3) is 0.634. The Morgan fingerprint density at radius 2 is 1.24 bits per heavy atom. The molecule has 1 heterocycles. The predicted octanol–water partition coefficient (Wildman–Crippen LogP) is -3.27. The third-order valence-electron chi connectivity index (χ3n) is 10.9. The van der Waals surface area contributed by atoms with E-state index >= 15 is 0 Å². The summed E-state index contributed by atoms with van der Waals surface area (Å²) < 4.78 is 0. The van der Waals surface area contributed by atoms with Crippen LogP contribution < -0.4 is 43.0 Å². The maximum absolute atomic E-state index is 13.8. The lowest BCUT2D eigenvalue weighted by Gasteiger charge is -2.31. The van der Waals surface area contributed by atoms with Crippen LogP contribution in [-0.4, -0.2) is 154 Å². The average molecular weight is 892 g/mol. The van der Waals surface area contributed by atoms with Gasteiger partial charge in [0.1, 0.15) is 42.0 Å². The summed E-state index contributed by atoms with van der Waals surface area (Å²) in [4.78, 5) is 118. The first-order chi connectivity index (χ1) is 29.7. The van der Waals surface area contributed by atoms with E-state index in [0.29, 0.717) is 24.8 Å². The van der Waals surface area contributed by atoms with Gasteiger partial charge in [0.15, 0.2) is 0 Å². The molecule has 1 fully saturated rings. The second kappa shape index (κ2) is 25.9. The number of amides is 8. The second-order valence-electron chi connectivity index (χ2n) is 16.0. The van der Waals surface area contributed by atoms with E-state index in [4.69, 9.17) is 5.73 Å². The van der Waals surface area contributed by atoms with Crippen molar-refractivity contribution in [1.29, 1.82) is 0 Å². The van der Waals surface area contributed by atoms with Crippen molar-refractivity contribution in [3.8, 4) is 5.75 Å². The second-order valence-corrected chi connectivity index (χ2v) is 16.0. The molecule has 22 heteroatoms. The number of carbonyl (C=O) groups excluding carboxylic acids is 8. The number of phenolic OH excluding ortho intramolecular Hbond substituents is 1. The molecule has 2 rings (SSSR count). The number of aromatic hydroxyl groups is 1. The van der Waals surface area contributed by atoms with Crippen molar-refractivity contribution in [1.82, 2.24) is 42.1 Å². The summed E-state index contributed by atoms with van der Waals surface area (Å²) in [6.07, 6.45) is 1.31. The summed E-state index contributed by atoms with van der Waals surface area (Å²) in [5, 5.41) is 55.5. The van der Waals surface area contributed by atoms with Gasteiger partial charge in [0.25, 0.3) is 0 Å². The van der Waals surface area contributed by atoms with Gasteiger partial charge in [-0.05, 0) is 48.3 Å². The lowest BCUT2D eigenvalue weighted by atomic mass is 9.94. The van der Waals surface area contributed by atoms with Gasteiger partial charge >= 0.3 is 5.97 Å². The number of nitrogens with zero attached hydrogens (tertiary/aromatic N) is 1. The minimum Gasteiger partial charge on any atom is -0.508 e. The highest BCUT2D eigenvalue weighted by atomic mass is 16.4. The number of rotatable bonds is 25. The van der Waals surface area contributed by atoms with Crippen molar-refractivity contribution >= 4 is 53.2 Å². The molecule has 0 unspecified atom stereocenters. The highest BCUT2D eigenvalue weighted by molar-refractivity contribution is 5.97. The molecular weight excluding hydrogens is 827 g/mol. The van der Waals surface area contributed by atoms with Crippen molar-refractivity contribution in [2.24, 2.45) is 23.5 Å². The molecule has 22 nitrogen and oxygen atoms in total. The van der Waals surface area contributed by atoms with Crippen LogP contribution in [-0.2, 0) is 49.6 Å². The molecule has 8 amide bonds. The van der Waals surface area contributed by atoms with Crippen LogP contribution in [0.3, 0.4) is 0 Å². The largest absolute Gasteiger partial charge is 0.508 e. The zero-order valence-electron chi connectivity index (χ0n) is 36.6. The molecule has 352 valence electrons. The summed E-state index contributed by atoms with van der Waals surface area (Å²) in [6, 6.07) is -2.84. The van der Waals surface area contributed by atoms with Gasteiger partial charge in [-0.2, -0.15) is 0 Å². The smallest absolute Gasteiger partial charge is 0.328 e. The number of hydrogen-bond acceptors (Lipinski definition) is 13. The highest BCUT2D eigenvalue weighted by Crippen LogP contribution is 2.20.